The lowest BCUT2D eigenvalue weighted by molar-refractivity contribution is 0.0913. The molecule has 19 heavy (non-hydrogen) atoms. The fourth-order valence-electron chi connectivity index (χ4n) is 2.76. The van der Waals surface area contributed by atoms with Crippen LogP contribution < -0.4 is 0 Å². The molecule has 1 aliphatic rings. The molecule has 104 valence electrons. The van der Waals surface area contributed by atoms with E-state index in [1.165, 1.54) is 5.57 Å². The molecule has 1 heterocycles. The quantitative estimate of drug-likeness (QED) is 0.724. The van der Waals surface area contributed by atoms with Crippen molar-refractivity contribution in [3.8, 4) is 0 Å². The molecule has 1 aromatic rings. The van der Waals surface area contributed by atoms with Gasteiger partial charge in [-0.2, -0.15) is 0 Å². The van der Waals surface area contributed by atoms with Crippen molar-refractivity contribution in [1.82, 2.24) is 0 Å². The molecule has 0 unspecified atom stereocenters. The van der Waals surface area contributed by atoms with E-state index in [0.717, 1.165) is 23.3 Å². The Kier molecular flexibility index (Phi) is 4.25. The van der Waals surface area contributed by atoms with Crippen LogP contribution in [0, 0.1) is 12.8 Å². The highest BCUT2D eigenvalue weighted by molar-refractivity contribution is 5.98. The van der Waals surface area contributed by atoms with Crippen LogP contribution in [0.1, 0.15) is 48.4 Å². The summed E-state index contributed by atoms with van der Waals surface area (Å²) < 4.78 is 11.0. The number of carbonyl (C=O) groups excluding carboxylic acids is 1. The minimum absolute atomic E-state index is 0.0837. The SMILES string of the molecule is CO[C@@H]1/C=C(/C)Cc2occ(C)c2C(=O)C[C@@H](C)C1. The Balaban J connectivity index is 2.40. The standard InChI is InChI=1S/C16H22O3/c1-10-5-13(18-4)6-11(2)8-15-16(14(17)7-10)12(3)9-19-15/h6,9-10,13H,5,7-8H2,1-4H3/b11-6-/t10-,13-/m0/s1. The minimum Gasteiger partial charge on any atom is -0.468 e. The monoisotopic (exact) mass is 262 g/mol. The average molecular weight is 262 g/mol. The highest BCUT2D eigenvalue weighted by Crippen LogP contribution is 2.26. The maximum absolute atomic E-state index is 12.4. The highest BCUT2D eigenvalue weighted by Gasteiger charge is 2.23. The van der Waals surface area contributed by atoms with Gasteiger partial charge < -0.3 is 9.15 Å². The minimum atomic E-state index is 0.0837. The van der Waals surface area contributed by atoms with Gasteiger partial charge in [0.15, 0.2) is 5.78 Å². The molecule has 1 aliphatic carbocycles. The molecule has 0 N–H and O–H groups in total. The van der Waals surface area contributed by atoms with Crippen LogP contribution in [-0.2, 0) is 11.2 Å². The van der Waals surface area contributed by atoms with Crippen LogP contribution in [0.4, 0.5) is 0 Å². The van der Waals surface area contributed by atoms with E-state index < -0.39 is 0 Å². The molecule has 0 radical (unpaired) electrons. The van der Waals surface area contributed by atoms with E-state index in [0.29, 0.717) is 18.8 Å². The summed E-state index contributed by atoms with van der Waals surface area (Å²) in [5.74, 6) is 1.29. The summed E-state index contributed by atoms with van der Waals surface area (Å²) in [6.45, 7) is 6.10. The summed E-state index contributed by atoms with van der Waals surface area (Å²) in [7, 11) is 1.72. The number of aryl methyl sites for hydroxylation is 1. The van der Waals surface area contributed by atoms with Crippen LogP contribution in [0.3, 0.4) is 0 Å². The lowest BCUT2D eigenvalue weighted by Crippen LogP contribution is -2.18. The molecule has 0 fully saturated rings. The first kappa shape index (κ1) is 14.1. The number of Topliss-reactive ketones (excluding diaryl/α,β-unsaturated/α-hetero) is 1. The topological polar surface area (TPSA) is 39.4 Å². The fourth-order valence-corrected chi connectivity index (χ4v) is 2.76. The summed E-state index contributed by atoms with van der Waals surface area (Å²) in [6.07, 6.45) is 6.04. The Morgan fingerprint density at radius 1 is 1.37 bits per heavy atom. The Morgan fingerprint density at radius 3 is 2.79 bits per heavy atom. The summed E-state index contributed by atoms with van der Waals surface area (Å²) in [5, 5.41) is 0. The third kappa shape index (κ3) is 3.16. The van der Waals surface area contributed by atoms with Crippen LogP contribution in [0.15, 0.2) is 22.3 Å². The number of furan rings is 1. The molecule has 0 saturated carbocycles. The molecule has 3 nitrogen and oxygen atoms in total. The predicted octanol–water partition coefficient (Wildman–Crippen LogP) is 3.70. The van der Waals surface area contributed by atoms with Crippen LogP contribution in [0.2, 0.25) is 0 Å². The number of rotatable bonds is 1. The molecule has 2 rings (SSSR count). The zero-order chi connectivity index (χ0) is 14.0. The largest absolute Gasteiger partial charge is 0.468 e. The molecule has 0 saturated heterocycles. The molecule has 2 atom stereocenters. The van der Waals surface area contributed by atoms with E-state index in [4.69, 9.17) is 9.15 Å². The first-order valence-electron chi connectivity index (χ1n) is 6.81. The summed E-state index contributed by atoms with van der Waals surface area (Å²) in [6, 6.07) is 0. The lowest BCUT2D eigenvalue weighted by Gasteiger charge is -2.19. The summed E-state index contributed by atoms with van der Waals surface area (Å²) in [5.41, 5.74) is 2.92. The maximum atomic E-state index is 12.4. The molecular weight excluding hydrogens is 240 g/mol. The van der Waals surface area contributed by atoms with Gasteiger partial charge in [0, 0.05) is 20.0 Å². The third-order valence-electron chi connectivity index (χ3n) is 3.71. The van der Waals surface area contributed by atoms with Crippen molar-refractivity contribution >= 4 is 5.78 Å². The van der Waals surface area contributed by atoms with E-state index in [1.54, 1.807) is 13.4 Å². The Labute approximate surface area is 114 Å². The van der Waals surface area contributed by atoms with Gasteiger partial charge in [-0.25, -0.2) is 0 Å². The van der Waals surface area contributed by atoms with E-state index in [9.17, 15) is 4.79 Å². The van der Waals surface area contributed by atoms with E-state index >= 15 is 0 Å². The summed E-state index contributed by atoms with van der Waals surface area (Å²) in [4.78, 5) is 12.4. The average Bonchev–Trinajstić information content (AvgIpc) is 2.68. The van der Waals surface area contributed by atoms with Gasteiger partial charge in [-0.15, -0.1) is 0 Å². The second-order valence-corrected chi connectivity index (χ2v) is 5.65. The van der Waals surface area contributed by atoms with E-state index in [1.807, 2.05) is 6.92 Å². The zero-order valence-electron chi connectivity index (χ0n) is 12.2. The first-order chi connectivity index (χ1) is 9.01. The van der Waals surface area contributed by atoms with Gasteiger partial charge in [-0.05, 0) is 31.7 Å². The molecule has 0 spiro atoms. The number of fused-ring (bicyclic) bond motifs is 1. The Hall–Kier alpha value is -1.35. The van der Waals surface area contributed by atoms with Crippen LogP contribution in [-0.4, -0.2) is 19.0 Å². The zero-order valence-corrected chi connectivity index (χ0v) is 12.2. The van der Waals surface area contributed by atoms with Crippen molar-refractivity contribution in [2.24, 2.45) is 5.92 Å². The van der Waals surface area contributed by atoms with Gasteiger partial charge in [0.05, 0.1) is 17.9 Å². The second kappa shape index (κ2) is 5.74. The van der Waals surface area contributed by atoms with Gasteiger partial charge in [-0.3, -0.25) is 4.79 Å². The van der Waals surface area contributed by atoms with E-state index in [-0.39, 0.29) is 11.9 Å². The van der Waals surface area contributed by atoms with Crippen molar-refractivity contribution in [1.29, 1.82) is 0 Å². The van der Waals surface area contributed by atoms with Crippen LogP contribution >= 0.6 is 0 Å². The van der Waals surface area contributed by atoms with Gasteiger partial charge in [0.1, 0.15) is 5.76 Å². The molecule has 0 amide bonds. The lowest BCUT2D eigenvalue weighted by atomic mass is 9.90. The maximum Gasteiger partial charge on any atom is 0.166 e. The van der Waals surface area contributed by atoms with Gasteiger partial charge in [-0.1, -0.05) is 18.6 Å². The van der Waals surface area contributed by atoms with Crippen molar-refractivity contribution in [3.63, 3.8) is 0 Å². The number of allylic oxidation sites excluding steroid dienone is 1. The molecule has 3 heteroatoms. The number of ketones is 1. The van der Waals surface area contributed by atoms with Crippen molar-refractivity contribution in [3.05, 3.63) is 34.8 Å². The molecule has 1 aromatic heterocycles. The number of ether oxygens (including phenoxy) is 1. The smallest absolute Gasteiger partial charge is 0.166 e. The summed E-state index contributed by atoms with van der Waals surface area (Å²) >= 11 is 0. The third-order valence-corrected chi connectivity index (χ3v) is 3.71. The van der Waals surface area contributed by atoms with Gasteiger partial charge >= 0.3 is 0 Å². The normalized spacial score (nSPS) is 27.6. The van der Waals surface area contributed by atoms with E-state index in [2.05, 4.69) is 19.9 Å². The first-order valence-corrected chi connectivity index (χ1v) is 6.81. The van der Waals surface area contributed by atoms with Crippen LogP contribution in [0.25, 0.3) is 0 Å². The van der Waals surface area contributed by atoms with Crippen molar-refractivity contribution in [2.75, 3.05) is 7.11 Å². The van der Waals surface area contributed by atoms with Crippen molar-refractivity contribution < 1.29 is 13.9 Å². The Bertz CT molecular complexity index is 496. The molecule has 0 aromatic carbocycles. The van der Waals surface area contributed by atoms with Crippen LogP contribution in [0.5, 0.6) is 0 Å². The Morgan fingerprint density at radius 2 is 2.11 bits per heavy atom. The van der Waals surface area contributed by atoms with Crippen molar-refractivity contribution in [2.45, 2.75) is 46.1 Å². The number of hydrogen-bond acceptors (Lipinski definition) is 3. The predicted molar refractivity (Wildman–Crippen MR) is 74.4 cm³/mol. The van der Waals surface area contributed by atoms with Gasteiger partial charge in [0.2, 0.25) is 0 Å². The number of hydrogen-bond donors (Lipinski definition) is 0. The second-order valence-electron chi connectivity index (χ2n) is 5.65. The molecular formula is C16H22O3. The van der Waals surface area contributed by atoms with Gasteiger partial charge in [0.25, 0.3) is 0 Å². The number of methoxy groups -OCH3 is 1. The molecule has 0 bridgehead atoms. The molecule has 0 aliphatic heterocycles. The highest BCUT2D eigenvalue weighted by atomic mass is 16.5. The fraction of sp³-hybridized carbons (Fsp3) is 0.562. The number of carbonyl (C=O) groups is 1.